The third-order valence-corrected chi connectivity index (χ3v) is 4.32. The fourth-order valence-electron chi connectivity index (χ4n) is 1.67. The highest BCUT2D eigenvalue weighted by Gasteiger charge is 2.35. The van der Waals surface area contributed by atoms with Crippen LogP contribution in [0.15, 0.2) is 29.7 Å². The van der Waals surface area contributed by atoms with Crippen LogP contribution in [0.1, 0.15) is 26.3 Å². The summed E-state index contributed by atoms with van der Waals surface area (Å²) < 4.78 is 31.3. The molecule has 0 radical (unpaired) electrons. The van der Waals surface area contributed by atoms with Crippen molar-refractivity contribution in [2.45, 2.75) is 26.8 Å². The highest BCUT2D eigenvalue weighted by atomic mass is 35.5. The highest BCUT2D eigenvalue weighted by Crippen LogP contribution is 2.22. The SMILES string of the molecule is COC(=O)C(NS(=O)(=O)C=Cc1ccccc1Cl)C(C)(C)C. The number of carbonyl (C=O) groups excluding carboxylic acids is 1. The molecule has 1 rings (SSSR count). The van der Waals surface area contributed by atoms with Crippen molar-refractivity contribution in [1.82, 2.24) is 4.72 Å². The summed E-state index contributed by atoms with van der Waals surface area (Å²) in [6.07, 6.45) is 1.38. The molecule has 1 aromatic rings. The molecule has 0 saturated carbocycles. The first-order valence-electron chi connectivity index (χ1n) is 6.59. The monoisotopic (exact) mass is 345 g/mol. The van der Waals surface area contributed by atoms with Gasteiger partial charge in [-0.1, -0.05) is 50.6 Å². The number of carbonyl (C=O) groups is 1. The molecule has 0 fully saturated rings. The number of esters is 1. The van der Waals surface area contributed by atoms with E-state index in [1.807, 2.05) is 0 Å². The molecule has 1 N–H and O–H groups in total. The Morgan fingerprint density at radius 1 is 1.32 bits per heavy atom. The standard InChI is InChI=1S/C15H20ClNO4S/c1-15(2,3)13(14(18)21-4)17-22(19,20)10-9-11-7-5-6-8-12(11)16/h5-10,13,17H,1-4H3. The van der Waals surface area contributed by atoms with Crippen LogP contribution in [0.4, 0.5) is 0 Å². The number of benzene rings is 1. The molecule has 0 aliphatic heterocycles. The molecule has 1 unspecified atom stereocenters. The normalized spacial score (nSPS) is 14.0. The number of hydrogen-bond acceptors (Lipinski definition) is 4. The van der Waals surface area contributed by atoms with Crippen LogP contribution < -0.4 is 4.72 Å². The van der Waals surface area contributed by atoms with Gasteiger partial charge in [0, 0.05) is 10.4 Å². The molecule has 0 amide bonds. The lowest BCUT2D eigenvalue weighted by Gasteiger charge is -2.28. The van der Waals surface area contributed by atoms with E-state index in [2.05, 4.69) is 9.46 Å². The Morgan fingerprint density at radius 2 is 1.91 bits per heavy atom. The van der Waals surface area contributed by atoms with E-state index in [0.29, 0.717) is 10.6 Å². The maximum absolute atomic E-state index is 12.1. The lowest BCUT2D eigenvalue weighted by molar-refractivity contribution is -0.145. The molecule has 0 aliphatic rings. The van der Waals surface area contributed by atoms with Gasteiger partial charge in [-0.2, -0.15) is 4.72 Å². The maximum Gasteiger partial charge on any atom is 0.324 e. The Labute approximate surface area is 136 Å². The van der Waals surface area contributed by atoms with Crippen molar-refractivity contribution in [3.8, 4) is 0 Å². The van der Waals surface area contributed by atoms with E-state index in [0.717, 1.165) is 5.41 Å². The van der Waals surface area contributed by atoms with Gasteiger partial charge in [-0.05, 0) is 23.1 Å². The van der Waals surface area contributed by atoms with Gasteiger partial charge in [0.05, 0.1) is 7.11 Å². The third-order valence-electron chi connectivity index (χ3n) is 2.92. The quantitative estimate of drug-likeness (QED) is 0.833. The minimum atomic E-state index is -3.82. The number of nitrogens with one attached hydrogen (secondary N) is 1. The van der Waals surface area contributed by atoms with Crippen LogP contribution in [0.25, 0.3) is 6.08 Å². The van der Waals surface area contributed by atoms with Crippen LogP contribution >= 0.6 is 11.6 Å². The molecule has 0 bridgehead atoms. The van der Waals surface area contributed by atoms with E-state index in [9.17, 15) is 13.2 Å². The Hall–Kier alpha value is -1.37. The Morgan fingerprint density at radius 3 is 2.41 bits per heavy atom. The fourth-order valence-corrected chi connectivity index (χ4v) is 3.05. The topological polar surface area (TPSA) is 72.5 Å². The van der Waals surface area contributed by atoms with E-state index in [1.54, 1.807) is 45.0 Å². The summed E-state index contributed by atoms with van der Waals surface area (Å²) in [6.45, 7) is 5.23. The second-order valence-electron chi connectivity index (χ2n) is 5.81. The molecular formula is C15H20ClNO4S. The van der Waals surface area contributed by atoms with Crippen molar-refractivity contribution in [3.05, 3.63) is 40.3 Å². The summed E-state index contributed by atoms with van der Waals surface area (Å²) in [5.74, 6) is -0.637. The van der Waals surface area contributed by atoms with Gasteiger partial charge >= 0.3 is 5.97 Å². The summed E-state index contributed by atoms with van der Waals surface area (Å²) in [7, 11) is -2.61. The highest BCUT2D eigenvalue weighted by molar-refractivity contribution is 7.92. The molecule has 5 nitrogen and oxygen atoms in total. The molecular weight excluding hydrogens is 326 g/mol. The Kier molecular flexibility index (Phi) is 6.17. The van der Waals surface area contributed by atoms with Crippen LogP contribution in [0.2, 0.25) is 5.02 Å². The molecule has 7 heteroatoms. The summed E-state index contributed by atoms with van der Waals surface area (Å²) in [5.41, 5.74) is -0.0572. The first kappa shape index (κ1) is 18.7. The van der Waals surface area contributed by atoms with Gasteiger partial charge in [0.15, 0.2) is 0 Å². The number of hydrogen-bond donors (Lipinski definition) is 1. The number of sulfonamides is 1. The summed E-state index contributed by atoms with van der Waals surface area (Å²) in [4.78, 5) is 11.8. The van der Waals surface area contributed by atoms with E-state index in [-0.39, 0.29) is 0 Å². The zero-order valence-electron chi connectivity index (χ0n) is 13.0. The average Bonchev–Trinajstić information content (AvgIpc) is 2.42. The largest absolute Gasteiger partial charge is 0.468 e. The zero-order valence-corrected chi connectivity index (χ0v) is 14.5. The molecule has 0 heterocycles. The molecule has 0 aliphatic carbocycles. The van der Waals surface area contributed by atoms with Crippen LogP contribution in [0.3, 0.4) is 0 Å². The molecule has 1 aromatic carbocycles. The molecule has 0 saturated heterocycles. The molecule has 0 aromatic heterocycles. The zero-order chi connectivity index (χ0) is 17.0. The van der Waals surface area contributed by atoms with Gasteiger partial charge in [0.25, 0.3) is 0 Å². The van der Waals surface area contributed by atoms with Crippen LogP contribution in [-0.4, -0.2) is 27.5 Å². The lowest BCUT2D eigenvalue weighted by Crippen LogP contribution is -2.49. The second kappa shape index (κ2) is 7.26. The van der Waals surface area contributed by atoms with Crippen LogP contribution in [-0.2, 0) is 19.6 Å². The molecule has 22 heavy (non-hydrogen) atoms. The summed E-state index contributed by atoms with van der Waals surface area (Å²) in [6, 6.07) is 5.86. The van der Waals surface area contributed by atoms with Gasteiger partial charge in [0.1, 0.15) is 6.04 Å². The Balaban J connectivity index is 2.99. The predicted molar refractivity (Wildman–Crippen MR) is 87.8 cm³/mol. The fraction of sp³-hybridized carbons (Fsp3) is 0.400. The van der Waals surface area contributed by atoms with Gasteiger partial charge < -0.3 is 4.74 Å². The van der Waals surface area contributed by atoms with Crippen LogP contribution in [0, 0.1) is 5.41 Å². The predicted octanol–water partition coefficient (Wildman–Crippen LogP) is 2.82. The average molecular weight is 346 g/mol. The first-order chi connectivity index (χ1) is 10.1. The lowest BCUT2D eigenvalue weighted by atomic mass is 9.87. The van der Waals surface area contributed by atoms with Crippen LogP contribution in [0.5, 0.6) is 0 Å². The minimum absolute atomic E-state index is 0.439. The third kappa shape index (κ3) is 5.44. The van der Waals surface area contributed by atoms with Gasteiger partial charge in [-0.3, -0.25) is 4.79 Å². The minimum Gasteiger partial charge on any atom is -0.468 e. The van der Waals surface area contributed by atoms with Gasteiger partial charge in [-0.25, -0.2) is 8.42 Å². The van der Waals surface area contributed by atoms with Crippen molar-refractivity contribution in [3.63, 3.8) is 0 Å². The van der Waals surface area contributed by atoms with Crippen molar-refractivity contribution < 1.29 is 17.9 Å². The van der Waals surface area contributed by atoms with Gasteiger partial charge in [0.2, 0.25) is 10.0 Å². The second-order valence-corrected chi connectivity index (χ2v) is 7.81. The van der Waals surface area contributed by atoms with E-state index < -0.39 is 27.4 Å². The maximum atomic E-state index is 12.1. The van der Waals surface area contributed by atoms with Crippen molar-refractivity contribution in [2.75, 3.05) is 7.11 Å². The molecule has 122 valence electrons. The number of methoxy groups -OCH3 is 1. The smallest absolute Gasteiger partial charge is 0.324 e. The van der Waals surface area contributed by atoms with E-state index >= 15 is 0 Å². The number of ether oxygens (including phenoxy) is 1. The number of halogens is 1. The van der Waals surface area contributed by atoms with Gasteiger partial charge in [-0.15, -0.1) is 0 Å². The first-order valence-corrected chi connectivity index (χ1v) is 8.52. The van der Waals surface area contributed by atoms with Crippen molar-refractivity contribution in [1.29, 1.82) is 0 Å². The number of rotatable bonds is 5. The van der Waals surface area contributed by atoms with E-state index in [4.69, 9.17) is 11.6 Å². The van der Waals surface area contributed by atoms with Crippen molar-refractivity contribution in [2.24, 2.45) is 5.41 Å². The molecule has 1 atom stereocenters. The molecule has 0 spiro atoms. The Bertz CT molecular complexity index is 662. The van der Waals surface area contributed by atoms with Crippen molar-refractivity contribution >= 4 is 33.7 Å². The summed E-state index contributed by atoms with van der Waals surface area (Å²) >= 11 is 5.96. The van der Waals surface area contributed by atoms with E-state index in [1.165, 1.54) is 13.2 Å². The summed E-state index contributed by atoms with van der Waals surface area (Å²) in [5, 5.41) is 1.42.